The first-order valence-corrected chi connectivity index (χ1v) is 9.42. The van der Waals surface area contributed by atoms with Gasteiger partial charge in [-0.15, -0.1) is 11.3 Å². The highest BCUT2D eigenvalue weighted by atomic mass is 32.2. The topological polar surface area (TPSA) is 69.3 Å². The number of aryl methyl sites for hydroxylation is 2. The summed E-state index contributed by atoms with van der Waals surface area (Å²) in [6.07, 6.45) is 3.46. The van der Waals surface area contributed by atoms with Gasteiger partial charge >= 0.3 is 0 Å². The summed E-state index contributed by atoms with van der Waals surface area (Å²) in [7, 11) is -1.45. The fourth-order valence-electron chi connectivity index (χ4n) is 2.82. The van der Waals surface area contributed by atoms with Crippen LogP contribution in [0.25, 0.3) is 0 Å². The molecule has 3 heterocycles. The molecule has 1 saturated heterocycles. The molecule has 0 radical (unpaired) electrons. The quantitative estimate of drug-likeness (QED) is 0.924. The molecule has 1 fully saturated rings. The third-order valence-electron chi connectivity index (χ3n) is 4.06. The van der Waals surface area contributed by atoms with Crippen molar-refractivity contribution in [2.24, 2.45) is 0 Å². The molecule has 6 nitrogen and oxygen atoms in total. The fraction of sp³-hybridized carbons (Fsp3) is 0.500. The normalized spacial score (nSPS) is 21.3. The minimum Gasteiger partial charge on any atom is -0.347 e. The summed E-state index contributed by atoms with van der Waals surface area (Å²) < 4.78 is 27.4. The SMILES string of the molecule is Cc1cc(S(=O)(=O)N2CCN(C)C(c3ncc[nH]3)C2)c(C)s1. The van der Waals surface area contributed by atoms with E-state index < -0.39 is 10.0 Å². The second-order valence-corrected chi connectivity index (χ2v) is 8.98. The molecule has 22 heavy (non-hydrogen) atoms. The number of aromatic nitrogens is 2. The van der Waals surface area contributed by atoms with Gasteiger partial charge in [-0.25, -0.2) is 13.4 Å². The number of hydrogen-bond donors (Lipinski definition) is 1. The summed E-state index contributed by atoms with van der Waals surface area (Å²) in [6, 6.07) is 1.73. The lowest BCUT2D eigenvalue weighted by molar-refractivity contribution is 0.142. The molecule has 2 aromatic rings. The highest BCUT2D eigenvalue weighted by Crippen LogP contribution is 2.31. The summed E-state index contributed by atoms with van der Waals surface area (Å²) in [6.45, 7) is 5.41. The number of hydrogen-bond acceptors (Lipinski definition) is 5. The van der Waals surface area contributed by atoms with Crippen LogP contribution in [-0.2, 0) is 10.0 Å². The largest absolute Gasteiger partial charge is 0.347 e. The molecule has 8 heteroatoms. The van der Waals surface area contributed by atoms with Gasteiger partial charge < -0.3 is 4.98 Å². The number of nitrogens with one attached hydrogen (secondary N) is 1. The van der Waals surface area contributed by atoms with Gasteiger partial charge in [0, 0.05) is 41.8 Å². The number of rotatable bonds is 3. The summed E-state index contributed by atoms with van der Waals surface area (Å²) in [5, 5.41) is 0. The van der Waals surface area contributed by atoms with Crippen LogP contribution in [0.15, 0.2) is 23.4 Å². The Morgan fingerprint density at radius 1 is 1.36 bits per heavy atom. The van der Waals surface area contributed by atoms with Crippen LogP contribution < -0.4 is 0 Å². The number of thiophene rings is 1. The van der Waals surface area contributed by atoms with E-state index in [1.54, 1.807) is 22.8 Å². The van der Waals surface area contributed by atoms with Gasteiger partial charge in [0.2, 0.25) is 10.0 Å². The molecule has 0 spiro atoms. The van der Waals surface area contributed by atoms with E-state index in [9.17, 15) is 8.42 Å². The number of aromatic amines is 1. The van der Waals surface area contributed by atoms with Crippen LogP contribution in [0.1, 0.15) is 21.6 Å². The van der Waals surface area contributed by atoms with E-state index in [0.717, 1.165) is 15.6 Å². The smallest absolute Gasteiger partial charge is 0.244 e. The van der Waals surface area contributed by atoms with Crippen LogP contribution in [0, 0.1) is 13.8 Å². The van der Waals surface area contributed by atoms with E-state index in [2.05, 4.69) is 14.9 Å². The predicted molar refractivity (Wildman–Crippen MR) is 86.5 cm³/mol. The van der Waals surface area contributed by atoms with Gasteiger partial charge in [0.1, 0.15) is 5.82 Å². The van der Waals surface area contributed by atoms with Crippen molar-refractivity contribution in [1.29, 1.82) is 0 Å². The molecule has 0 aromatic carbocycles. The van der Waals surface area contributed by atoms with Crippen molar-refractivity contribution in [2.45, 2.75) is 24.8 Å². The summed E-state index contributed by atoms with van der Waals surface area (Å²) in [4.78, 5) is 11.8. The third kappa shape index (κ3) is 2.71. The highest BCUT2D eigenvalue weighted by molar-refractivity contribution is 7.89. The molecular formula is C14H20N4O2S2. The van der Waals surface area contributed by atoms with Crippen LogP contribution in [-0.4, -0.2) is 54.3 Å². The molecule has 0 amide bonds. The zero-order chi connectivity index (χ0) is 15.9. The number of piperazine rings is 1. The standard InChI is InChI=1S/C14H20N4O2S2/c1-10-8-13(11(2)21-10)22(19,20)18-7-6-17(3)12(9-18)14-15-4-5-16-14/h4-5,8,12H,6-7,9H2,1-3H3,(H,15,16). The van der Waals surface area contributed by atoms with E-state index in [1.807, 2.05) is 20.9 Å². The molecule has 120 valence electrons. The van der Waals surface area contributed by atoms with E-state index in [0.29, 0.717) is 24.5 Å². The molecule has 1 aliphatic heterocycles. The first-order valence-electron chi connectivity index (χ1n) is 7.16. The van der Waals surface area contributed by atoms with Gasteiger partial charge in [-0.3, -0.25) is 4.90 Å². The number of H-pyrrole nitrogens is 1. The predicted octanol–water partition coefficient (Wildman–Crippen LogP) is 1.77. The molecule has 2 aromatic heterocycles. The van der Waals surface area contributed by atoms with Crippen molar-refractivity contribution in [3.05, 3.63) is 34.0 Å². The van der Waals surface area contributed by atoms with Crippen LogP contribution in [0.3, 0.4) is 0 Å². The fourth-order valence-corrected chi connectivity index (χ4v) is 5.79. The Hall–Kier alpha value is -1.22. The first-order chi connectivity index (χ1) is 10.4. The van der Waals surface area contributed by atoms with E-state index in [4.69, 9.17) is 0 Å². The molecule has 3 rings (SSSR count). The zero-order valence-corrected chi connectivity index (χ0v) is 14.5. The van der Waals surface area contributed by atoms with Crippen molar-refractivity contribution < 1.29 is 8.42 Å². The monoisotopic (exact) mass is 340 g/mol. The summed E-state index contributed by atoms with van der Waals surface area (Å²) in [5.74, 6) is 0.806. The number of likely N-dealkylation sites (N-methyl/N-ethyl adjacent to an activating group) is 1. The minimum atomic E-state index is -3.44. The molecule has 1 N–H and O–H groups in total. The Balaban J connectivity index is 1.90. The van der Waals surface area contributed by atoms with Gasteiger partial charge in [0.25, 0.3) is 0 Å². The van der Waals surface area contributed by atoms with Crippen molar-refractivity contribution >= 4 is 21.4 Å². The van der Waals surface area contributed by atoms with Gasteiger partial charge in [-0.05, 0) is 27.0 Å². The Morgan fingerprint density at radius 2 is 2.14 bits per heavy atom. The molecule has 1 atom stereocenters. The second kappa shape index (κ2) is 5.77. The maximum Gasteiger partial charge on any atom is 0.244 e. The lowest BCUT2D eigenvalue weighted by Crippen LogP contribution is -2.49. The van der Waals surface area contributed by atoms with E-state index in [-0.39, 0.29) is 6.04 Å². The Kier molecular flexibility index (Phi) is 4.11. The van der Waals surface area contributed by atoms with E-state index >= 15 is 0 Å². The average Bonchev–Trinajstić information content (AvgIpc) is 3.09. The summed E-state index contributed by atoms with van der Waals surface area (Å²) >= 11 is 1.52. The Labute approximate surface area is 134 Å². The maximum absolute atomic E-state index is 12.9. The van der Waals surface area contributed by atoms with Crippen molar-refractivity contribution in [2.75, 3.05) is 26.7 Å². The van der Waals surface area contributed by atoms with Crippen molar-refractivity contribution in [3.63, 3.8) is 0 Å². The summed E-state index contributed by atoms with van der Waals surface area (Å²) in [5.41, 5.74) is 0. The number of sulfonamides is 1. The lowest BCUT2D eigenvalue weighted by atomic mass is 10.2. The zero-order valence-electron chi connectivity index (χ0n) is 12.9. The van der Waals surface area contributed by atoms with Gasteiger partial charge in [-0.1, -0.05) is 0 Å². The lowest BCUT2D eigenvalue weighted by Gasteiger charge is -2.37. The van der Waals surface area contributed by atoms with Gasteiger partial charge in [0.15, 0.2) is 0 Å². The van der Waals surface area contributed by atoms with Crippen LogP contribution in [0.2, 0.25) is 0 Å². The molecule has 0 saturated carbocycles. The average molecular weight is 340 g/mol. The highest BCUT2D eigenvalue weighted by Gasteiger charge is 2.35. The molecular weight excluding hydrogens is 320 g/mol. The van der Waals surface area contributed by atoms with Crippen LogP contribution in [0.5, 0.6) is 0 Å². The van der Waals surface area contributed by atoms with Gasteiger partial charge in [-0.2, -0.15) is 4.31 Å². The van der Waals surface area contributed by atoms with Crippen LogP contribution >= 0.6 is 11.3 Å². The van der Waals surface area contributed by atoms with E-state index in [1.165, 1.54) is 11.3 Å². The minimum absolute atomic E-state index is 0.0430. The Morgan fingerprint density at radius 3 is 2.73 bits per heavy atom. The third-order valence-corrected chi connectivity index (χ3v) is 7.15. The molecule has 0 aliphatic carbocycles. The second-order valence-electron chi connectivity index (χ2n) is 5.61. The Bertz CT molecular complexity index is 752. The number of nitrogens with zero attached hydrogens (tertiary/aromatic N) is 3. The van der Waals surface area contributed by atoms with Crippen molar-refractivity contribution in [1.82, 2.24) is 19.2 Å². The van der Waals surface area contributed by atoms with Crippen molar-refractivity contribution in [3.8, 4) is 0 Å². The first kappa shape index (κ1) is 15.7. The van der Waals surface area contributed by atoms with Gasteiger partial charge in [0.05, 0.1) is 10.9 Å². The number of imidazole rings is 1. The molecule has 1 unspecified atom stereocenters. The van der Waals surface area contributed by atoms with Crippen LogP contribution in [0.4, 0.5) is 0 Å². The molecule has 1 aliphatic rings. The molecule has 0 bridgehead atoms. The maximum atomic E-state index is 12.9.